The number of hydrogen-bond donors (Lipinski definition) is 0. The van der Waals surface area contributed by atoms with Crippen LogP contribution in [0.4, 0.5) is 24.5 Å². The molecule has 0 unspecified atom stereocenters. The number of alkyl halides is 3. The average molecular weight is 488 g/mol. The molecule has 34 heavy (non-hydrogen) atoms. The molecule has 0 N–H and O–H groups in total. The number of nitrogens with zero attached hydrogens (tertiary/aromatic N) is 3. The van der Waals surface area contributed by atoms with E-state index in [0.29, 0.717) is 18.7 Å². The summed E-state index contributed by atoms with van der Waals surface area (Å²) >= 11 is 5.53. The van der Waals surface area contributed by atoms with Gasteiger partial charge in [-0.1, -0.05) is 12.1 Å². The van der Waals surface area contributed by atoms with Crippen LogP contribution in [0, 0.1) is 11.3 Å². The lowest BCUT2D eigenvalue weighted by Gasteiger charge is -2.30. The molecular weight excluding hydrogens is 467 g/mol. The van der Waals surface area contributed by atoms with Crippen LogP contribution in [0.25, 0.3) is 6.08 Å². The smallest absolute Gasteiger partial charge is 0.417 e. The molecule has 1 saturated heterocycles. The van der Waals surface area contributed by atoms with Gasteiger partial charge in [0.05, 0.1) is 29.5 Å². The van der Waals surface area contributed by atoms with E-state index in [4.69, 9.17) is 22.2 Å². The second-order valence-electron chi connectivity index (χ2n) is 7.28. The van der Waals surface area contributed by atoms with Crippen molar-refractivity contribution in [1.29, 1.82) is 5.26 Å². The summed E-state index contributed by atoms with van der Waals surface area (Å²) in [7, 11) is 0. The molecule has 0 radical (unpaired) electrons. The Morgan fingerprint density at radius 3 is 2.50 bits per heavy atom. The number of thiocarbonyl (C=S) groups is 1. The van der Waals surface area contributed by atoms with Crippen LogP contribution in [0.15, 0.2) is 48.5 Å². The molecule has 2 aromatic carbocycles. The first-order chi connectivity index (χ1) is 16.2. The van der Waals surface area contributed by atoms with Crippen molar-refractivity contribution in [2.45, 2.75) is 25.9 Å². The summed E-state index contributed by atoms with van der Waals surface area (Å²) in [5.74, 6) is -0.894. The molecule has 1 heterocycles. The molecule has 10 heteroatoms. The molecule has 0 bridgehead atoms. The van der Waals surface area contributed by atoms with Gasteiger partial charge in [0.25, 0.3) is 0 Å². The highest BCUT2D eigenvalue weighted by Gasteiger charge is 2.36. The lowest BCUT2D eigenvalue weighted by atomic mass is 10.1. The number of ether oxygens (including phenoxy) is 1. The molecule has 0 spiro atoms. The molecule has 6 nitrogen and oxygen atoms in total. The van der Waals surface area contributed by atoms with Gasteiger partial charge >= 0.3 is 12.1 Å². The van der Waals surface area contributed by atoms with Gasteiger partial charge in [0, 0.05) is 24.7 Å². The third-order valence-corrected chi connectivity index (χ3v) is 5.44. The van der Waals surface area contributed by atoms with Crippen molar-refractivity contribution >= 4 is 46.7 Å². The lowest BCUT2D eigenvalue weighted by Crippen LogP contribution is -2.44. The zero-order chi connectivity index (χ0) is 24.9. The topological polar surface area (TPSA) is 73.6 Å². The summed E-state index contributed by atoms with van der Waals surface area (Å²) in [6.45, 7) is 2.37. The van der Waals surface area contributed by atoms with Gasteiger partial charge in [0.2, 0.25) is 5.91 Å². The van der Waals surface area contributed by atoms with Crippen molar-refractivity contribution in [3.63, 3.8) is 0 Å². The van der Waals surface area contributed by atoms with E-state index in [0.717, 1.165) is 22.6 Å². The van der Waals surface area contributed by atoms with Crippen molar-refractivity contribution in [2.75, 3.05) is 23.0 Å². The minimum atomic E-state index is -4.76. The molecule has 1 aliphatic heterocycles. The number of halogens is 3. The van der Waals surface area contributed by atoms with Crippen molar-refractivity contribution in [3.8, 4) is 6.07 Å². The van der Waals surface area contributed by atoms with E-state index >= 15 is 0 Å². The predicted molar refractivity (Wildman–Crippen MR) is 125 cm³/mol. The SMILES string of the molecule is CCOC(=O)C=Cc1ccc(N2CCCC(=O)N(c3ccc(C#N)c(C(F)(F)F)c3)C2=S)cc1. The fourth-order valence-electron chi connectivity index (χ4n) is 3.44. The van der Waals surface area contributed by atoms with Crippen molar-refractivity contribution in [3.05, 3.63) is 65.2 Å². The van der Waals surface area contributed by atoms with E-state index in [9.17, 15) is 22.8 Å². The minimum Gasteiger partial charge on any atom is -0.463 e. The number of carbonyl (C=O) groups is 2. The van der Waals surface area contributed by atoms with Crippen molar-refractivity contribution in [2.24, 2.45) is 0 Å². The van der Waals surface area contributed by atoms with E-state index in [-0.39, 0.29) is 23.8 Å². The summed E-state index contributed by atoms with van der Waals surface area (Å²) in [5.41, 5.74) is -0.346. The minimum absolute atomic E-state index is 0.0372. The Morgan fingerprint density at radius 2 is 1.88 bits per heavy atom. The normalized spacial score (nSPS) is 14.8. The highest BCUT2D eigenvalue weighted by molar-refractivity contribution is 7.81. The number of amides is 1. The molecule has 0 aromatic heterocycles. The van der Waals surface area contributed by atoms with Crippen LogP contribution < -0.4 is 9.80 Å². The Labute approximate surface area is 199 Å². The van der Waals surface area contributed by atoms with Crippen LogP contribution >= 0.6 is 12.2 Å². The van der Waals surface area contributed by atoms with Crippen LogP contribution in [0.2, 0.25) is 0 Å². The monoisotopic (exact) mass is 487 g/mol. The summed E-state index contributed by atoms with van der Waals surface area (Å²) < 4.78 is 45.2. The summed E-state index contributed by atoms with van der Waals surface area (Å²) in [6.07, 6.45) is -1.32. The first-order valence-corrected chi connectivity index (χ1v) is 10.8. The fourth-order valence-corrected chi connectivity index (χ4v) is 3.84. The Bertz CT molecular complexity index is 1170. The van der Waals surface area contributed by atoms with E-state index in [2.05, 4.69) is 0 Å². The van der Waals surface area contributed by atoms with Crippen LogP contribution in [0.3, 0.4) is 0 Å². The highest BCUT2D eigenvalue weighted by atomic mass is 32.1. The van der Waals surface area contributed by atoms with Gasteiger partial charge in [0.15, 0.2) is 5.11 Å². The summed E-state index contributed by atoms with van der Waals surface area (Å²) in [5, 5.41) is 9.08. The van der Waals surface area contributed by atoms with E-state index in [1.165, 1.54) is 18.2 Å². The number of hydrogen-bond acceptors (Lipinski definition) is 5. The highest BCUT2D eigenvalue weighted by Crippen LogP contribution is 2.35. The van der Waals surface area contributed by atoms with E-state index < -0.39 is 29.2 Å². The van der Waals surface area contributed by atoms with Crippen LogP contribution in [0.1, 0.15) is 36.5 Å². The fraction of sp³-hybridized carbons (Fsp3) is 0.250. The second kappa shape index (κ2) is 10.5. The maximum absolute atomic E-state index is 13.5. The molecule has 1 amide bonds. The van der Waals surface area contributed by atoms with Crippen molar-refractivity contribution in [1.82, 2.24) is 0 Å². The first-order valence-electron chi connectivity index (χ1n) is 10.4. The number of benzene rings is 2. The van der Waals surface area contributed by atoms with Gasteiger partial charge in [-0.2, -0.15) is 18.4 Å². The Kier molecular flexibility index (Phi) is 7.68. The van der Waals surface area contributed by atoms with E-state index in [1.54, 1.807) is 42.2 Å². The van der Waals surface area contributed by atoms with Gasteiger partial charge in [-0.3, -0.25) is 9.69 Å². The number of nitriles is 1. The zero-order valence-corrected chi connectivity index (χ0v) is 18.9. The maximum Gasteiger partial charge on any atom is 0.417 e. The second-order valence-corrected chi connectivity index (χ2v) is 7.65. The average Bonchev–Trinajstić information content (AvgIpc) is 2.95. The summed E-state index contributed by atoms with van der Waals surface area (Å²) in [6, 6.07) is 11.6. The quantitative estimate of drug-likeness (QED) is 0.333. The van der Waals surface area contributed by atoms with Gasteiger partial charge in [0.1, 0.15) is 0 Å². The molecule has 3 rings (SSSR count). The Balaban J connectivity index is 1.92. The van der Waals surface area contributed by atoms with Crippen LogP contribution in [0.5, 0.6) is 0 Å². The Hall–Kier alpha value is -3.71. The van der Waals surface area contributed by atoms with Gasteiger partial charge < -0.3 is 9.64 Å². The lowest BCUT2D eigenvalue weighted by molar-refractivity contribution is -0.138. The zero-order valence-electron chi connectivity index (χ0n) is 18.1. The van der Waals surface area contributed by atoms with Crippen molar-refractivity contribution < 1.29 is 27.5 Å². The first kappa shape index (κ1) is 24.9. The number of rotatable bonds is 5. The van der Waals surface area contributed by atoms with Crippen LogP contribution in [-0.4, -0.2) is 30.1 Å². The number of anilines is 2. The molecule has 1 fully saturated rings. The molecular formula is C24H20F3N3O3S. The number of carbonyl (C=O) groups excluding carboxylic acids is 2. The third kappa shape index (κ3) is 5.61. The van der Waals surface area contributed by atoms with Gasteiger partial charge in [-0.25, -0.2) is 4.79 Å². The standard InChI is InChI=1S/C24H20F3N3O3S/c1-2-33-22(32)12-7-16-5-9-18(10-6-16)29-13-3-4-21(31)30(23(29)34)19-11-8-17(15-28)20(14-19)24(25,26)27/h5-12,14H,2-4,13H2,1H3. The number of esters is 1. The van der Waals surface area contributed by atoms with Gasteiger partial charge in [-0.15, -0.1) is 0 Å². The molecule has 0 atom stereocenters. The van der Waals surface area contributed by atoms with E-state index in [1.807, 2.05) is 0 Å². The molecule has 176 valence electrons. The maximum atomic E-state index is 13.5. The molecule has 0 saturated carbocycles. The predicted octanol–water partition coefficient (Wildman–Crippen LogP) is 5.07. The third-order valence-electron chi connectivity index (χ3n) is 5.03. The summed E-state index contributed by atoms with van der Waals surface area (Å²) in [4.78, 5) is 27.0. The van der Waals surface area contributed by atoms with Gasteiger partial charge in [-0.05, 0) is 67.5 Å². The molecule has 2 aromatic rings. The molecule has 1 aliphatic rings. The largest absolute Gasteiger partial charge is 0.463 e. The van der Waals surface area contributed by atoms with Crippen LogP contribution in [-0.2, 0) is 20.5 Å². The molecule has 0 aliphatic carbocycles. The Morgan fingerprint density at radius 1 is 1.21 bits per heavy atom.